The molecule has 0 amide bonds. The molecule has 124 valence electrons. The Labute approximate surface area is 145 Å². The molecule has 0 saturated carbocycles. The molecule has 1 N–H and O–H groups in total. The van der Waals surface area contributed by atoms with Gasteiger partial charge >= 0.3 is 0 Å². The van der Waals surface area contributed by atoms with Gasteiger partial charge in [0.05, 0.1) is 19.0 Å². The van der Waals surface area contributed by atoms with Crippen LogP contribution in [0.2, 0.25) is 0 Å². The van der Waals surface area contributed by atoms with E-state index < -0.39 is 0 Å². The number of nitrogens with zero attached hydrogens (tertiary/aromatic N) is 3. The monoisotopic (exact) mass is 330 g/mol. The molecule has 0 spiro atoms. The van der Waals surface area contributed by atoms with E-state index in [1.807, 2.05) is 65.3 Å². The number of rotatable bonds is 5. The van der Waals surface area contributed by atoms with Gasteiger partial charge in [-0.3, -0.25) is 0 Å². The largest absolute Gasteiger partial charge is 0.497 e. The van der Waals surface area contributed by atoms with Crippen LogP contribution in [0.4, 0.5) is 5.82 Å². The first-order chi connectivity index (χ1) is 12.3. The molecule has 0 radical (unpaired) electrons. The lowest BCUT2D eigenvalue weighted by atomic mass is 10.2. The maximum absolute atomic E-state index is 5.18. The van der Waals surface area contributed by atoms with Crippen molar-refractivity contribution in [1.82, 2.24) is 14.6 Å². The second-order valence-electron chi connectivity index (χ2n) is 5.70. The third-order valence-corrected chi connectivity index (χ3v) is 4.06. The number of nitrogens with one attached hydrogen (secondary N) is 1. The van der Waals surface area contributed by atoms with E-state index in [1.54, 1.807) is 7.11 Å². The lowest BCUT2D eigenvalue weighted by Crippen LogP contribution is -2.04. The van der Waals surface area contributed by atoms with Crippen LogP contribution in [0.25, 0.3) is 16.9 Å². The van der Waals surface area contributed by atoms with Gasteiger partial charge in [-0.05, 0) is 29.8 Å². The lowest BCUT2D eigenvalue weighted by molar-refractivity contribution is 0.414. The summed E-state index contributed by atoms with van der Waals surface area (Å²) in [7, 11) is 1.67. The Morgan fingerprint density at radius 3 is 2.52 bits per heavy atom. The van der Waals surface area contributed by atoms with Gasteiger partial charge in [-0.15, -0.1) is 5.10 Å². The molecule has 0 aliphatic carbocycles. The molecule has 0 atom stereocenters. The summed E-state index contributed by atoms with van der Waals surface area (Å²) in [5.74, 6) is 1.66. The minimum absolute atomic E-state index is 0.692. The average molecular weight is 330 g/mol. The molecule has 0 bridgehead atoms. The van der Waals surface area contributed by atoms with Crippen molar-refractivity contribution in [2.75, 3.05) is 12.4 Å². The molecule has 2 aromatic carbocycles. The normalized spacial score (nSPS) is 10.8. The second-order valence-corrected chi connectivity index (χ2v) is 5.70. The maximum atomic E-state index is 5.18. The quantitative estimate of drug-likeness (QED) is 0.600. The zero-order valence-corrected chi connectivity index (χ0v) is 13.9. The van der Waals surface area contributed by atoms with E-state index in [9.17, 15) is 0 Å². The minimum atomic E-state index is 0.692. The number of hydrogen-bond donors (Lipinski definition) is 1. The highest BCUT2D eigenvalue weighted by atomic mass is 16.5. The maximum Gasteiger partial charge on any atom is 0.154 e. The number of hydrogen-bond acceptors (Lipinski definition) is 4. The summed E-state index contributed by atoms with van der Waals surface area (Å²) in [6, 6.07) is 22.0. The summed E-state index contributed by atoms with van der Waals surface area (Å²) in [6.07, 6.45) is 1.85. The van der Waals surface area contributed by atoms with E-state index in [-0.39, 0.29) is 0 Å². The minimum Gasteiger partial charge on any atom is -0.497 e. The Morgan fingerprint density at radius 2 is 1.76 bits per heavy atom. The van der Waals surface area contributed by atoms with Gasteiger partial charge in [0.15, 0.2) is 5.65 Å². The van der Waals surface area contributed by atoms with Gasteiger partial charge in [-0.25, -0.2) is 9.50 Å². The van der Waals surface area contributed by atoms with Gasteiger partial charge < -0.3 is 10.1 Å². The van der Waals surface area contributed by atoms with Gasteiger partial charge in [-0.1, -0.05) is 42.5 Å². The molecule has 5 nitrogen and oxygen atoms in total. The fourth-order valence-electron chi connectivity index (χ4n) is 2.71. The molecule has 4 rings (SSSR count). The van der Waals surface area contributed by atoms with Gasteiger partial charge in [0.25, 0.3) is 0 Å². The third-order valence-electron chi connectivity index (χ3n) is 4.06. The molecular formula is C20H18N4O. The molecule has 0 saturated heterocycles. The Balaban J connectivity index is 1.58. The van der Waals surface area contributed by atoms with E-state index in [2.05, 4.69) is 27.5 Å². The van der Waals surface area contributed by atoms with Crippen molar-refractivity contribution in [2.24, 2.45) is 0 Å². The Kier molecular flexibility index (Phi) is 4.04. The van der Waals surface area contributed by atoms with Crippen molar-refractivity contribution in [1.29, 1.82) is 0 Å². The zero-order chi connectivity index (χ0) is 17.1. The van der Waals surface area contributed by atoms with Crippen LogP contribution in [0.15, 0.2) is 72.9 Å². The van der Waals surface area contributed by atoms with Crippen LogP contribution in [0, 0.1) is 0 Å². The van der Waals surface area contributed by atoms with E-state index in [0.717, 1.165) is 34.0 Å². The Bertz CT molecular complexity index is 978. The molecule has 5 heteroatoms. The molecule has 4 aromatic rings. The summed E-state index contributed by atoms with van der Waals surface area (Å²) in [5, 5.41) is 8.04. The number of anilines is 1. The summed E-state index contributed by atoms with van der Waals surface area (Å²) in [4.78, 5) is 4.43. The molecular weight excluding hydrogens is 312 g/mol. The van der Waals surface area contributed by atoms with Crippen molar-refractivity contribution < 1.29 is 4.74 Å². The van der Waals surface area contributed by atoms with Crippen LogP contribution in [-0.2, 0) is 6.54 Å². The van der Waals surface area contributed by atoms with E-state index in [0.29, 0.717) is 6.54 Å². The first kappa shape index (κ1) is 15.2. The van der Waals surface area contributed by atoms with Gasteiger partial charge in [-0.2, -0.15) is 0 Å². The van der Waals surface area contributed by atoms with Gasteiger partial charge in [0.2, 0.25) is 0 Å². The standard InChI is InChI=1S/C20H18N4O/c1-25-17-9-7-15(8-10-17)13-21-19-11-12-20-22-14-18(24(20)23-19)16-5-3-2-4-6-16/h2-12,14H,13H2,1H3,(H,21,23). The number of aromatic nitrogens is 3. The molecule has 0 aliphatic heterocycles. The fraction of sp³-hybridized carbons (Fsp3) is 0.100. The molecule has 0 aliphatic rings. The van der Waals surface area contributed by atoms with Crippen LogP contribution in [0.5, 0.6) is 5.75 Å². The number of fused-ring (bicyclic) bond motifs is 1. The van der Waals surface area contributed by atoms with Gasteiger partial charge in [0.1, 0.15) is 11.6 Å². The molecule has 25 heavy (non-hydrogen) atoms. The van der Waals surface area contributed by atoms with Crippen molar-refractivity contribution in [3.63, 3.8) is 0 Å². The second kappa shape index (κ2) is 6.65. The fourth-order valence-corrected chi connectivity index (χ4v) is 2.71. The van der Waals surface area contributed by atoms with Crippen LogP contribution in [-0.4, -0.2) is 21.7 Å². The Hall–Kier alpha value is -3.34. The molecule has 2 heterocycles. The molecule has 0 unspecified atom stereocenters. The first-order valence-electron chi connectivity index (χ1n) is 8.10. The number of imidazole rings is 1. The first-order valence-corrected chi connectivity index (χ1v) is 8.10. The topological polar surface area (TPSA) is 51.5 Å². The van der Waals surface area contributed by atoms with E-state index in [4.69, 9.17) is 4.74 Å². The SMILES string of the molecule is COc1ccc(CNc2ccc3ncc(-c4ccccc4)n3n2)cc1. The summed E-state index contributed by atoms with van der Waals surface area (Å²) < 4.78 is 7.05. The van der Waals surface area contributed by atoms with Crippen LogP contribution in [0.3, 0.4) is 0 Å². The third kappa shape index (κ3) is 3.17. The number of benzene rings is 2. The van der Waals surface area contributed by atoms with Crippen LogP contribution in [0.1, 0.15) is 5.56 Å². The molecule has 2 aromatic heterocycles. The lowest BCUT2D eigenvalue weighted by Gasteiger charge is -2.08. The van der Waals surface area contributed by atoms with Gasteiger partial charge in [0, 0.05) is 12.1 Å². The summed E-state index contributed by atoms with van der Waals surface area (Å²) >= 11 is 0. The predicted octanol–water partition coefficient (Wildman–Crippen LogP) is 4.02. The van der Waals surface area contributed by atoms with Crippen molar-refractivity contribution in [3.05, 3.63) is 78.5 Å². The van der Waals surface area contributed by atoms with Crippen molar-refractivity contribution in [2.45, 2.75) is 6.54 Å². The van der Waals surface area contributed by atoms with E-state index in [1.165, 1.54) is 0 Å². The number of methoxy groups -OCH3 is 1. The summed E-state index contributed by atoms with van der Waals surface area (Å²) in [6.45, 7) is 0.692. The zero-order valence-electron chi connectivity index (χ0n) is 13.9. The number of ether oxygens (including phenoxy) is 1. The molecule has 0 fully saturated rings. The highest BCUT2D eigenvalue weighted by Crippen LogP contribution is 2.20. The predicted molar refractivity (Wildman–Crippen MR) is 98.7 cm³/mol. The highest BCUT2D eigenvalue weighted by Gasteiger charge is 2.07. The Morgan fingerprint density at radius 1 is 0.960 bits per heavy atom. The van der Waals surface area contributed by atoms with Crippen molar-refractivity contribution in [3.8, 4) is 17.0 Å². The highest BCUT2D eigenvalue weighted by molar-refractivity contribution is 5.63. The van der Waals surface area contributed by atoms with E-state index >= 15 is 0 Å². The van der Waals surface area contributed by atoms with Crippen molar-refractivity contribution >= 4 is 11.5 Å². The smallest absolute Gasteiger partial charge is 0.154 e. The average Bonchev–Trinajstić information content (AvgIpc) is 3.10. The summed E-state index contributed by atoms with van der Waals surface area (Å²) in [5.41, 5.74) is 4.06. The van der Waals surface area contributed by atoms with Crippen LogP contribution < -0.4 is 10.1 Å². The van der Waals surface area contributed by atoms with Crippen LogP contribution >= 0.6 is 0 Å².